The largest absolute Gasteiger partial charge is 0.416 e. The van der Waals surface area contributed by atoms with Gasteiger partial charge in [0.2, 0.25) is 0 Å². The van der Waals surface area contributed by atoms with Gasteiger partial charge in [0.25, 0.3) is 0 Å². The topological polar surface area (TPSA) is 50.8 Å². The molecule has 0 atom stereocenters. The van der Waals surface area contributed by atoms with E-state index < -0.39 is 11.7 Å². The summed E-state index contributed by atoms with van der Waals surface area (Å²) in [4.78, 5) is 0. The normalized spacial score (nSPS) is 11.4. The molecule has 4 nitrogen and oxygen atoms in total. The molecule has 1 heterocycles. The van der Waals surface area contributed by atoms with Gasteiger partial charge in [-0.2, -0.15) is 23.5 Å². The molecule has 0 saturated heterocycles. The van der Waals surface area contributed by atoms with E-state index in [2.05, 4.69) is 5.10 Å². The van der Waals surface area contributed by atoms with Crippen molar-refractivity contribution < 1.29 is 17.9 Å². The first-order valence-electron chi connectivity index (χ1n) is 6.58. The van der Waals surface area contributed by atoms with Crippen LogP contribution in [0.25, 0.3) is 11.1 Å². The smallest absolute Gasteiger partial charge is 0.385 e. The first-order valence-corrected chi connectivity index (χ1v) is 6.58. The predicted molar refractivity (Wildman–Crippen MR) is 73.9 cm³/mol. The highest BCUT2D eigenvalue weighted by Crippen LogP contribution is 2.33. The number of nitrogens with zero attached hydrogens (tertiary/aromatic N) is 3. The lowest BCUT2D eigenvalue weighted by atomic mass is 10.0. The minimum atomic E-state index is -4.49. The van der Waals surface area contributed by atoms with Crippen LogP contribution in [0.15, 0.2) is 30.6 Å². The Hall–Kier alpha value is -2.33. The number of hydrogen-bond donors (Lipinski definition) is 0. The number of rotatable bonds is 5. The van der Waals surface area contributed by atoms with Crippen molar-refractivity contribution in [2.24, 2.45) is 0 Å². The molecule has 2 rings (SSSR count). The molecule has 2 aromatic rings. The van der Waals surface area contributed by atoms with E-state index in [4.69, 9.17) is 10.00 Å². The molecule has 0 radical (unpaired) electrons. The maximum absolute atomic E-state index is 12.9. The van der Waals surface area contributed by atoms with Gasteiger partial charge in [-0.1, -0.05) is 0 Å². The lowest BCUT2D eigenvalue weighted by molar-refractivity contribution is -0.137. The average Bonchev–Trinajstić information content (AvgIpc) is 2.95. The summed E-state index contributed by atoms with van der Waals surface area (Å²) < 4.78 is 45.2. The molecule has 0 saturated carbocycles. The van der Waals surface area contributed by atoms with Gasteiger partial charge in [0.15, 0.2) is 0 Å². The van der Waals surface area contributed by atoms with E-state index in [9.17, 15) is 13.2 Å². The summed E-state index contributed by atoms with van der Waals surface area (Å²) in [6.07, 6.45) is -0.588. The molecule has 22 heavy (non-hydrogen) atoms. The second-order valence-corrected chi connectivity index (χ2v) is 4.75. The Morgan fingerprint density at radius 3 is 2.68 bits per heavy atom. The number of hydrogen-bond acceptors (Lipinski definition) is 3. The van der Waals surface area contributed by atoms with Crippen molar-refractivity contribution in [3.8, 4) is 17.2 Å². The van der Waals surface area contributed by atoms with E-state index in [0.29, 0.717) is 24.3 Å². The van der Waals surface area contributed by atoms with Gasteiger partial charge in [-0.25, -0.2) is 0 Å². The molecule has 0 fully saturated rings. The van der Waals surface area contributed by atoms with Gasteiger partial charge in [-0.15, -0.1) is 0 Å². The standard InChI is InChI=1S/C15H14F3N3O/c1-22-4-2-3-21-10-13(9-20-21)12-5-11(8-19)6-14(7-12)15(16,17)18/h5-7,9-10H,2-4H2,1H3. The van der Waals surface area contributed by atoms with E-state index in [1.807, 2.05) is 0 Å². The molecule has 0 aliphatic carbocycles. The van der Waals surface area contributed by atoms with Crippen molar-refractivity contribution in [3.05, 3.63) is 41.7 Å². The summed E-state index contributed by atoms with van der Waals surface area (Å²) in [6.45, 7) is 1.19. The number of benzene rings is 1. The Morgan fingerprint density at radius 2 is 2.05 bits per heavy atom. The minimum Gasteiger partial charge on any atom is -0.385 e. The van der Waals surface area contributed by atoms with Crippen LogP contribution in [0.5, 0.6) is 0 Å². The summed E-state index contributed by atoms with van der Waals surface area (Å²) in [6, 6.07) is 5.04. The summed E-state index contributed by atoms with van der Waals surface area (Å²) in [5.41, 5.74) is -0.00461. The number of methoxy groups -OCH3 is 1. The Bertz CT molecular complexity index is 686. The molecular weight excluding hydrogens is 295 g/mol. The maximum atomic E-state index is 12.9. The van der Waals surface area contributed by atoms with Crippen molar-refractivity contribution in [2.75, 3.05) is 13.7 Å². The monoisotopic (exact) mass is 309 g/mol. The second-order valence-electron chi connectivity index (χ2n) is 4.75. The Labute approximate surface area is 125 Å². The van der Waals surface area contributed by atoms with Crippen LogP contribution in [-0.2, 0) is 17.5 Å². The molecule has 0 N–H and O–H groups in total. The Balaban J connectivity index is 2.30. The molecule has 116 valence electrons. The van der Waals surface area contributed by atoms with Gasteiger partial charge in [-0.05, 0) is 30.2 Å². The summed E-state index contributed by atoms with van der Waals surface area (Å²) >= 11 is 0. The number of halogens is 3. The molecule has 1 aromatic heterocycles. The number of nitriles is 1. The zero-order valence-corrected chi connectivity index (χ0v) is 11.9. The third kappa shape index (κ3) is 3.86. The fraction of sp³-hybridized carbons (Fsp3) is 0.333. The lowest BCUT2D eigenvalue weighted by Crippen LogP contribution is -2.05. The molecular formula is C15H14F3N3O. The minimum absolute atomic E-state index is 0.0306. The molecule has 0 aliphatic heterocycles. The maximum Gasteiger partial charge on any atom is 0.416 e. The third-order valence-electron chi connectivity index (χ3n) is 3.09. The van der Waals surface area contributed by atoms with E-state index >= 15 is 0 Å². The predicted octanol–water partition coefficient (Wildman–Crippen LogP) is 3.48. The number of aromatic nitrogens is 2. The van der Waals surface area contributed by atoms with E-state index in [1.54, 1.807) is 24.1 Å². The molecule has 0 bridgehead atoms. The zero-order valence-electron chi connectivity index (χ0n) is 11.9. The van der Waals surface area contributed by atoms with Crippen molar-refractivity contribution >= 4 is 0 Å². The fourth-order valence-corrected chi connectivity index (χ4v) is 2.03. The van der Waals surface area contributed by atoms with Crippen LogP contribution in [0.1, 0.15) is 17.5 Å². The molecule has 0 aliphatic rings. The number of aryl methyl sites for hydroxylation is 1. The fourth-order valence-electron chi connectivity index (χ4n) is 2.03. The van der Waals surface area contributed by atoms with Gasteiger partial charge < -0.3 is 4.74 Å². The summed E-state index contributed by atoms with van der Waals surface area (Å²) in [5, 5.41) is 13.0. The van der Waals surface area contributed by atoms with E-state index in [1.165, 1.54) is 12.3 Å². The highest BCUT2D eigenvalue weighted by Gasteiger charge is 2.31. The molecule has 7 heteroatoms. The Kier molecular flexibility index (Phi) is 4.83. The van der Waals surface area contributed by atoms with Crippen LogP contribution >= 0.6 is 0 Å². The highest BCUT2D eigenvalue weighted by atomic mass is 19.4. The van der Waals surface area contributed by atoms with Gasteiger partial charge in [-0.3, -0.25) is 4.68 Å². The van der Waals surface area contributed by atoms with Crippen molar-refractivity contribution in [1.82, 2.24) is 9.78 Å². The van der Waals surface area contributed by atoms with Crippen LogP contribution in [0, 0.1) is 11.3 Å². The second kappa shape index (κ2) is 6.62. The van der Waals surface area contributed by atoms with Crippen molar-refractivity contribution in [2.45, 2.75) is 19.1 Å². The van der Waals surface area contributed by atoms with Crippen molar-refractivity contribution in [1.29, 1.82) is 5.26 Å². The first kappa shape index (κ1) is 16.0. The van der Waals surface area contributed by atoms with Gasteiger partial charge >= 0.3 is 6.18 Å². The molecule has 0 spiro atoms. The van der Waals surface area contributed by atoms with Crippen LogP contribution in [0.4, 0.5) is 13.2 Å². The SMILES string of the molecule is COCCCn1cc(-c2cc(C#N)cc(C(F)(F)F)c2)cn1. The van der Waals surface area contributed by atoms with E-state index in [0.717, 1.165) is 18.6 Å². The third-order valence-corrected chi connectivity index (χ3v) is 3.09. The van der Waals surface area contributed by atoms with E-state index in [-0.39, 0.29) is 5.56 Å². The first-order chi connectivity index (χ1) is 10.4. The van der Waals surface area contributed by atoms with Gasteiger partial charge in [0.1, 0.15) is 0 Å². The number of alkyl halides is 3. The number of ether oxygens (including phenoxy) is 1. The summed E-state index contributed by atoms with van der Waals surface area (Å²) in [7, 11) is 1.60. The lowest BCUT2D eigenvalue weighted by Gasteiger charge is -2.09. The highest BCUT2D eigenvalue weighted by molar-refractivity contribution is 5.65. The average molecular weight is 309 g/mol. The van der Waals surface area contributed by atoms with Gasteiger partial charge in [0.05, 0.1) is 23.4 Å². The van der Waals surface area contributed by atoms with Crippen LogP contribution in [0.2, 0.25) is 0 Å². The quantitative estimate of drug-likeness (QED) is 0.795. The van der Waals surface area contributed by atoms with Crippen LogP contribution in [0.3, 0.4) is 0 Å². The molecule has 1 aromatic carbocycles. The van der Waals surface area contributed by atoms with Crippen LogP contribution < -0.4 is 0 Å². The molecule has 0 amide bonds. The molecule has 0 unspecified atom stereocenters. The van der Waals surface area contributed by atoms with Gasteiger partial charge in [0, 0.05) is 32.0 Å². The zero-order chi connectivity index (χ0) is 16.2. The summed E-state index contributed by atoms with van der Waals surface area (Å²) in [5.74, 6) is 0. The van der Waals surface area contributed by atoms with Crippen molar-refractivity contribution in [3.63, 3.8) is 0 Å². The Morgan fingerprint density at radius 1 is 1.27 bits per heavy atom. The van der Waals surface area contributed by atoms with Crippen LogP contribution in [-0.4, -0.2) is 23.5 Å².